The third-order valence-electron chi connectivity index (χ3n) is 9.04. The minimum atomic E-state index is 0.408. The van der Waals surface area contributed by atoms with E-state index < -0.39 is 0 Å². The summed E-state index contributed by atoms with van der Waals surface area (Å²) in [6.45, 7) is 7.43. The lowest BCUT2D eigenvalue weighted by molar-refractivity contribution is -0.0546. The Bertz CT molecular complexity index is 552. The Morgan fingerprint density at radius 2 is 2.00 bits per heavy atom. The lowest BCUT2D eigenvalue weighted by atomic mass is 9.46. The topological polar surface area (TPSA) is 32.6 Å². The van der Waals surface area contributed by atoms with Crippen molar-refractivity contribution in [3.05, 3.63) is 11.6 Å². The molecule has 0 aliphatic heterocycles. The highest BCUT2D eigenvalue weighted by Gasteiger charge is 2.59. The Kier molecular flexibility index (Phi) is 4.09. The smallest absolute Gasteiger partial charge is 0.0467 e. The van der Waals surface area contributed by atoms with Gasteiger partial charge in [-0.25, -0.2) is 0 Å². The molecule has 0 heterocycles. The third kappa shape index (κ3) is 2.24. The van der Waals surface area contributed by atoms with Gasteiger partial charge in [-0.3, -0.25) is 0 Å². The summed E-state index contributed by atoms with van der Waals surface area (Å²) in [4.78, 5) is 0. The minimum absolute atomic E-state index is 0.408. The van der Waals surface area contributed by atoms with Crippen molar-refractivity contribution in [1.29, 1.82) is 0 Å². The van der Waals surface area contributed by atoms with Crippen molar-refractivity contribution in [3.8, 4) is 0 Å². The van der Waals surface area contributed by atoms with Gasteiger partial charge in [0.25, 0.3) is 0 Å². The molecule has 0 aromatic rings. The van der Waals surface area contributed by atoms with Gasteiger partial charge in [0.1, 0.15) is 0 Å². The van der Waals surface area contributed by atoms with E-state index >= 15 is 0 Å². The Morgan fingerprint density at radius 1 is 1.17 bits per heavy atom. The van der Waals surface area contributed by atoms with Crippen LogP contribution in [-0.2, 0) is 0 Å². The first kappa shape index (κ1) is 16.7. The number of fused-ring (bicyclic) bond motifs is 5. The van der Waals surface area contributed by atoms with E-state index in [0.29, 0.717) is 22.7 Å². The van der Waals surface area contributed by atoms with Crippen LogP contribution in [0.1, 0.15) is 78.6 Å². The molecule has 0 saturated heterocycles. The van der Waals surface area contributed by atoms with Gasteiger partial charge in [0.05, 0.1) is 0 Å². The van der Waals surface area contributed by atoms with Gasteiger partial charge < -0.3 is 5.21 Å². The molecule has 7 atom stereocenters. The summed E-state index contributed by atoms with van der Waals surface area (Å²) in [7, 11) is 0. The number of hydrogen-bond acceptors (Lipinski definition) is 2. The molecule has 4 aliphatic carbocycles. The molecule has 2 heteroatoms. The molecule has 0 aromatic carbocycles. The second kappa shape index (κ2) is 5.88. The summed E-state index contributed by atoms with van der Waals surface area (Å²) in [5, 5.41) is 12.4. The Balaban J connectivity index is 1.62. The summed E-state index contributed by atoms with van der Waals surface area (Å²) in [5.41, 5.74) is 2.79. The second-order valence-corrected chi connectivity index (χ2v) is 9.81. The maximum Gasteiger partial charge on any atom is 0.0467 e. The Morgan fingerprint density at radius 3 is 2.79 bits per heavy atom. The largest absolute Gasteiger partial charge is 0.411 e. The van der Waals surface area contributed by atoms with Gasteiger partial charge in [-0.15, -0.1) is 5.16 Å². The zero-order valence-corrected chi connectivity index (χ0v) is 15.8. The molecule has 1 N–H and O–H groups in total. The van der Waals surface area contributed by atoms with Crippen LogP contribution in [0, 0.1) is 40.4 Å². The average Bonchev–Trinajstić information content (AvgIpc) is 2.92. The van der Waals surface area contributed by atoms with E-state index in [-0.39, 0.29) is 0 Å². The van der Waals surface area contributed by atoms with Gasteiger partial charge in [0.2, 0.25) is 0 Å². The van der Waals surface area contributed by atoms with Crippen LogP contribution in [0.4, 0.5) is 0 Å². The van der Waals surface area contributed by atoms with Crippen molar-refractivity contribution in [2.45, 2.75) is 78.6 Å². The number of nitrogens with zero attached hydrogens (tertiary/aromatic N) is 1. The summed E-state index contributed by atoms with van der Waals surface area (Å²) in [5.74, 6) is 3.88. The molecular weight excluding hydrogens is 294 g/mol. The summed E-state index contributed by atoms with van der Waals surface area (Å²) >= 11 is 0. The normalized spacial score (nSPS) is 49.2. The SMILES string of the molecule is CC(C=NO)[C@H]1CC[C@H]2[C@@H]3CCC4=CCCC[C@]4(C)[C@H]3CC[C@]12C. The second-order valence-electron chi connectivity index (χ2n) is 9.81. The van der Waals surface area contributed by atoms with Crippen molar-refractivity contribution in [2.24, 2.45) is 45.6 Å². The van der Waals surface area contributed by atoms with Crippen molar-refractivity contribution in [3.63, 3.8) is 0 Å². The van der Waals surface area contributed by atoms with Crippen LogP contribution in [0.15, 0.2) is 16.8 Å². The molecular formula is C22H35NO. The first-order chi connectivity index (χ1) is 11.5. The van der Waals surface area contributed by atoms with Crippen LogP contribution in [0.25, 0.3) is 0 Å². The molecule has 0 bridgehead atoms. The molecule has 134 valence electrons. The maximum absolute atomic E-state index is 8.99. The minimum Gasteiger partial charge on any atom is -0.411 e. The quantitative estimate of drug-likeness (QED) is 0.284. The van der Waals surface area contributed by atoms with Gasteiger partial charge in [-0.2, -0.15) is 0 Å². The van der Waals surface area contributed by atoms with Gasteiger partial charge in [-0.05, 0) is 98.2 Å². The summed E-state index contributed by atoms with van der Waals surface area (Å²) in [6, 6.07) is 0. The van der Waals surface area contributed by atoms with E-state index in [1.165, 1.54) is 57.8 Å². The molecule has 0 spiro atoms. The van der Waals surface area contributed by atoms with Crippen LogP contribution in [-0.4, -0.2) is 11.4 Å². The van der Waals surface area contributed by atoms with Gasteiger partial charge in [0, 0.05) is 6.21 Å². The lowest BCUT2D eigenvalue weighted by Gasteiger charge is -2.58. The Hall–Kier alpha value is -0.790. The van der Waals surface area contributed by atoms with Crippen molar-refractivity contribution < 1.29 is 5.21 Å². The molecule has 1 unspecified atom stereocenters. The van der Waals surface area contributed by atoms with E-state index in [9.17, 15) is 0 Å². The van der Waals surface area contributed by atoms with Gasteiger partial charge >= 0.3 is 0 Å². The number of hydrogen-bond donors (Lipinski definition) is 1. The highest BCUT2D eigenvalue weighted by atomic mass is 16.4. The first-order valence-corrected chi connectivity index (χ1v) is 10.4. The lowest BCUT2D eigenvalue weighted by Crippen LogP contribution is -2.50. The van der Waals surface area contributed by atoms with E-state index in [1.54, 1.807) is 6.21 Å². The van der Waals surface area contributed by atoms with Crippen LogP contribution in [0.3, 0.4) is 0 Å². The van der Waals surface area contributed by atoms with E-state index in [1.807, 2.05) is 5.57 Å². The molecule has 4 rings (SSSR count). The van der Waals surface area contributed by atoms with Crippen LogP contribution in [0.5, 0.6) is 0 Å². The molecule has 0 aromatic heterocycles. The molecule has 3 saturated carbocycles. The van der Waals surface area contributed by atoms with Crippen LogP contribution >= 0.6 is 0 Å². The average molecular weight is 330 g/mol. The standard InChI is InChI=1S/C22H35NO/c1-15(14-23-24)18-9-10-19-17-8-7-16-6-4-5-12-21(16,2)20(17)11-13-22(18,19)3/h6,14-15,17-20,24H,4-5,7-13H2,1-3H3/t15?,17-,18+,19-,20-,21-,22+/m0/s1. The highest BCUT2D eigenvalue weighted by Crippen LogP contribution is 2.67. The number of rotatable bonds is 2. The van der Waals surface area contributed by atoms with Crippen molar-refractivity contribution >= 4 is 6.21 Å². The van der Waals surface area contributed by atoms with E-state index in [0.717, 1.165) is 17.8 Å². The zero-order valence-electron chi connectivity index (χ0n) is 15.8. The molecule has 0 amide bonds. The third-order valence-corrected chi connectivity index (χ3v) is 9.04. The maximum atomic E-state index is 8.99. The fraction of sp³-hybridized carbons (Fsp3) is 0.864. The zero-order chi connectivity index (χ0) is 16.9. The van der Waals surface area contributed by atoms with Crippen LogP contribution in [0.2, 0.25) is 0 Å². The number of oxime groups is 1. The monoisotopic (exact) mass is 329 g/mol. The summed E-state index contributed by atoms with van der Waals surface area (Å²) in [6.07, 6.45) is 16.9. The van der Waals surface area contributed by atoms with Crippen molar-refractivity contribution in [2.75, 3.05) is 0 Å². The van der Waals surface area contributed by atoms with E-state index in [2.05, 4.69) is 32.0 Å². The van der Waals surface area contributed by atoms with Gasteiger partial charge in [0.15, 0.2) is 0 Å². The molecule has 0 radical (unpaired) electrons. The summed E-state index contributed by atoms with van der Waals surface area (Å²) < 4.78 is 0. The van der Waals surface area contributed by atoms with Crippen molar-refractivity contribution in [1.82, 2.24) is 0 Å². The predicted octanol–water partition coefficient (Wildman–Crippen LogP) is 6.05. The highest BCUT2D eigenvalue weighted by molar-refractivity contribution is 5.60. The van der Waals surface area contributed by atoms with Crippen LogP contribution < -0.4 is 0 Å². The molecule has 2 nitrogen and oxygen atoms in total. The predicted molar refractivity (Wildman–Crippen MR) is 99.3 cm³/mol. The fourth-order valence-electron chi connectivity index (χ4n) is 7.87. The Labute approximate surface area is 147 Å². The first-order valence-electron chi connectivity index (χ1n) is 10.4. The molecule has 3 fully saturated rings. The molecule has 4 aliphatic rings. The van der Waals surface area contributed by atoms with E-state index in [4.69, 9.17) is 5.21 Å². The number of allylic oxidation sites excluding steroid dienone is 2. The molecule has 24 heavy (non-hydrogen) atoms. The fourth-order valence-corrected chi connectivity index (χ4v) is 7.87. The van der Waals surface area contributed by atoms with Gasteiger partial charge in [-0.1, -0.05) is 32.4 Å².